The van der Waals surface area contributed by atoms with E-state index in [-0.39, 0.29) is 5.91 Å². The zero-order valence-electron chi connectivity index (χ0n) is 14.4. The molecule has 2 aromatic rings. The molecule has 0 atom stereocenters. The number of rotatable bonds is 5. The minimum atomic E-state index is -0.544. The van der Waals surface area contributed by atoms with E-state index < -0.39 is 5.54 Å². The fraction of sp³-hybridized carbons (Fsp3) is 0.556. The molecule has 0 aromatic carbocycles. The molecule has 2 aromatic heterocycles. The van der Waals surface area contributed by atoms with Crippen LogP contribution in [-0.4, -0.2) is 27.1 Å². The van der Waals surface area contributed by atoms with E-state index in [1.54, 1.807) is 13.1 Å². The molecule has 2 aliphatic rings. The maximum atomic E-state index is 12.8. The molecule has 0 bridgehead atoms. The van der Waals surface area contributed by atoms with E-state index in [1.165, 1.54) is 12.8 Å². The average molecular weight is 341 g/mol. The summed E-state index contributed by atoms with van der Waals surface area (Å²) in [5, 5.41) is 10.6. The van der Waals surface area contributed by atoms with Crippen LogP contribution in [0.15, 0.2) is 22.9 Å². The molecule has 4 rings (SSSR count). The fourth-order valence-corrected chi connectivity index (χ4v) is 3.39. The summed E-state index contributed by atoms with van der Waals surface area (Å²) in [5.74, 6) is 1.78. The number of carbonyl (C=O) groups excluding carboxylic acids is 1. The van der Waals surface area contributed by atoms with Crippen molar-refractivity contribution in [3.8, 4) is 0 Å². The molecule has 25 heavy (non-hydrogen) atoms. The van der Waals surface area contributed by atoms with E-state index in [9.17, 15) is 4.79 Å². The lowest BCUT2D eigenvalue weighted by atomic mass is 9.80. The molecular weight excluding hydrogens is 318 g/mol. The molecule has 2 aliphatic carbocycles. The molecule has 0 radical (unpaired) electrons. The van der Waals surface area contributed by atoms with Crippen LogP contribution in [0, 0.1) is 6.92 Å². The summed E-state index contributed by atoms with van der Waals surface area (Å²) in [7, 11) is 0. The summed E-state index contributed by atoms with van der Waals surface area (Å²) >= 11 is 0. The van der Waals surface area contributed by atoms with Crippen molar-refractivity contribution in [1.82, 2.24) is 20.4 Å². The zero-order valence-corrected chi connectivity index (χ0v) is 14.4. The lowest BCUT2D eigenvalue weighted by Crippen LogP contribution is -2.48. The second kappa shape index (κ2) is 6.46. The fourth-order valence-electron chi connectivity index (χ4n) is 3.39. The molecule has 2 saturated carbocycles. The van der Waals surface area contributed by atoms with Gasteiger partial charge in [-0.15, -0.1) is 0 Å². The Morgan fingerprint density at radius 3 is 2.64 bits per heavy atom. The standard InChI is InChI=1S/C18H23N5O2/c1-12-20-17(23-25-12)18(9-3-2-4-10-18)22-16(24)13-5-8-15(19-11-13)21-14-6-7-14/h5,8,11,14H,2-4,6-7,9-10H2,1H3,(H,19,21)(H,22,24). The van der Waals surface area contributed by atoms with Crippen LogP contribution < -0.4 is 10.6 Å². The Hall–Kier alpha value is -2.44. The predicted molar refractivity (Wildman–Crippen MR) is 92.1 cm³/mol. The number of hydrogen-bond acceptors (Lipinski definition) is 6. The number of anilines is 1. The SMILES string of the molecule is Cc1nc(C2(NC(=O)c3ccc(NC4CC4)nc3)CCCCC2)no1. The highest BCUT2D eigenvalue weighted by Crippen LogP contribution is 2.36. The van der Waals surface area contributed by atoms with Gasteiger partial charge in [-0.2, -0.15) is 4.98 Å². The molecule has 132 valence electrons. The summed E-state index contributed by atoms with van der Waals surface area (Å²) < 4.78 is 5.16. The van der Waals surface area contributed by atoms with Gasteiger partial charge in [0.05, 0.1) is 5.56 Å². The predicted octanol–water partition coefficient (Wildman–Crippen LogP) is 2.94. The average Bonchev–Trinajstić information content (AvgIpc) is 3.33. The Balaban J connectivity index is 1.51. The van der Waals surface area contributed by atoms with Gasteiger partial charge in [-0.05, 0) is 37.8 Å². The Bertz CT molecular complexity index is 745. The van der Waals surface area contributed by atoms with Gasteiger partial charge in [-0.3, -0.25) is 4.79 Å². The van der Waals surface area contributed by atoms with Crippen LogP contribution in [0.3, 0.4) is 0 Å². The smallest absolute Gasteiger partial charge is 0.253 e. The Morgan fingerprint density at radius 1 is 1.24 bits per heavy atom. The van der Waals surface area contributed by atoms with Crippen molar-refractivity contribution < 1.29 is 9.32 Å². The van der Waals surface area contributed by atoms with Gasteiger partial charge in [0.1, 0.15) is 11.4 Å². The number of hydrogen-bond donors (Lipinski definition) is 2. The van der Waals surface area contributed by atoms with Crippen molar-refractivity contribution in [2.75, 3.05) is 5.32 Å². The number of nitrogens with zero attached hydrogens (tertiary/aromatic N) is 3. The first kappa shape index (κ1) is 16.1. The van der Waals surface area contributed by atoms with E-state index in [4.69, 9.17) is 4.52 Å². The molecule has 2 fully saturated rings. The van der Waals surface area contributed by atoms with Gasteiger partial charge in [0, 0.05) is 19.2 Å². The number of aromatic nitrogens is 3. The third-order valence-corrected chi connectivity index (χ3v) is 4.97. The van der Waals surface area contributed by atoms with Gasteiger partial charge in [0.25, 0.3) is 5.91 Å². The van der Waals surface area contributed by atoms with Crippen LogP contribution in [0.1, 0.15) is 67.0 Å². The molecule has 0 saturated heterocycles. The molecule has 1 amide bonds. The number of aryl methyl sites for hydroxylation is 1. The molecule has 2 N–H and O–H groups in total. The lowest BCUT2D eigenvalue weighted by molar-refractivity contribution is 0.0855. The van der Waals surface area contributed by atoms with Crippen molar-refractivity contribution in [3.63, 3.8) is 0 Å². The summed E-state index contributed by atoms with van der Waals surface area (Å²) in [6.07, 6.45) is 8.90. The molecule has 0 spiro atoms. The van der Waals surface area contributed by atoms with Gasteiger partial charge >= 0.3 is 0 Å². The molecule has 0 unspecified atom stereocenters. The summed E-state index contributed by atoms with van der Waals surface area (Å²) in [6.45, 7) is 1.77. The molecular formula is C18H23N5O2. The highest BCUT2D eigenvalue weighted by atomic mass is 16.5. The van der Waals surface area contributed by atoms with E-state index in [2.05, 4.69) is 25.8 Å². The quantitative estimate of drug-likeness (QED) is 0.868. The summed E-state index contributed by atoms with van der Waals surface area (Å²) in [4.78, 5) is 21.5. The Labute approximate surface area is 146 Å². The monoisotopic (exact) mass is 341 g/mol. The van der Waals surface area contributed by atoms with Crippen molar-refractivity contribution in [2.24, 2.45) is 0 Å². The molecule has 7 nitrogen and oxygen atoms in total. The second-order valence-corrected chi connectivity index (χ2v) is 7.08. The number of nitrogens with one attached hydrogen (secondary N) is 2. The van der Waals surface area contributed by atoms with Crippen molar-refractivity contribution in [3.05, 3.63) is 35.6 Å². The maximum absolute atomic E-state index is 12.8. The number of carbonyl (C=O) groups is 1. The van der Waals surface area contributed by atoms with Gasteiger partial charge in [0.15, 0.2) is 5.82 Å². The molecule has 2 heterocycles. The van der Waals surface area contributed by atoms with Crippen molar-refractivity contribution in [2.45, 2.75) is 63.5 Å². The Kier molecular flexibility index (Phi) is 4.15. The van der Waals surface area contributed by atoms with Crippen molar-refractivity contribution in [1.29, 1.82) is 0 Å². The first-order valence-electron chi connectivity index (χ1n) is 9.01. The second-order valence-electron chi connectivity index (χ2n) is 7.08. The summed E-state index contributed by atoms with van der Waals surface area (Å²) in [5.41, 5.74) is 0.00407. The van der Waals surface area contributed by atoms with Gasteiger partial charge in [0.2, 0.25) is 5.89 Å². The van der Waals surface area contributed by atoms with E-state index in [1.807, 2.05) is 12.1 Å². The highest BCUT2D eigenvalue weighted by molar-refractivity contribution is 5.94. The van der Waals surface area contributed by atoms with E-state index >= 15 is 0 Å². The first-order chi connectivity index (χ1) is 12.1. The lowest BCUT2D eigenvalue weighted by Gasteiger charge is -2.35. The van der Waals surface area contributed by atoms with E-state index in [0.717, 1.165) is 37.9 Å². The maximum Gasteiger partial charge on any atom is 0.253 e. The van der Waals surface area contributed by atoms with Gasteiger partial charge in [-0.1, -0.05) is 24.4 Å². The third kappa shape index (κ3) is 3.50. The topological polar surface area (TPSA) is 92.9 Å². The van der Waals surface area contributed by atoms with E-state index in [0.29, 0.717) is 23.3 Å². The van der Waals surface area contributed by atoms with Crippen molar-refractivity contribution >= 4 is 11.7 Å². The Morgan fingerprint density at radius 2 is 2.04 bits per heavy atom. The largest absolute Gasteiger partial charge is 0.367 e. The zero-order chi connectivity index (χ0) is 17.3. The third-order valence-electron chi connectivity index (χ3n) is 4.97. The van der Waals surface area contributed by atoms with Crippen LogP contribution >= 0.6 is 0 Å². The summed E-state index contributed by atoms with van der Waals surface area (Å²) in [6, 6.07) is 4.21. The van der Waals surface area contributed by atoms with Crippen LogP contribution in [0.2, 0.25) is 0 Å². The van der Waals surface area contributed by atoms with Crippen LogP contribution in [-0.2, 0) is 5.54 Å². The van der Waals surface area contributed by atoms with Gasteiger partial charge in [-0.25, -0.2) is 4.98 Å². The number of amides is 1. The minimum absolute atomic E-state index is 0.144. The normalized spacial score (nSPS) is 19.4. The first-order valence-corrected chi connectivity index (χ1v) is 9.01. The van der Waals surface area contributed by atoms with Gasteiger partial charge < -0.3 is 15.2 Å². The van der Waals surface area contributed by atoms with Crippen LogP contribution in [0.4, 0.5) is 5.82 Å². The molecule has 7 heteroatoms. The minimum Gasteiger partial charge on any atom is -0.367 e. The highest BCUT2D eigenvalue weighted by Gasteiger charge is 2.39. The van der Waals surface area contributed by atoms with Crippen LogP contribution in [0.25, 0.3) is 0 Å². The molecule has 0 aliphatic heterocycles. The van der Waals surface area contributed by atoms with Crippen LogP contribution in [0.5, 0.6) is 0 Å². The number of pyridine rings is 1.